The van der Waals surface area contributed by atoms with Crippen LogP contribution in [0.1, 0.15) is 18.1 Å². The zero-order valence-electron chi connectivity index (χ0n) is 17.4. The Labute approximate surface area is 181 Å². The smallest absolute Gasteiger partial charge is 0.233 e. The second-order valence-corrected chi connectivity index (χ2v) is 8.44. The van der Waals surface area contributed by atoms with Gasteiger partial charge in [0, 0.05) is 18.1 Å². The molecular formula is C27H22N2O2. The summed E-state index contributed by atoms with van der Waals surface area (Å²) in [6.07, 6.45) is 1.95. The molecule has 0 amide bonds. The molecule has 0 aromatic heterocycles. The van der Waals surface area contributed by atoms with Gasteiger partial charge >= 0.3 is 0 Å². The highest BCUT2D eigenvalue weighted by Crippen LogP contribution is 2.57. The standard InChI is InChI=1S/C27H22N2O2/c1-26(19-12-14-20(30)15-13-19)22-9-5-6-10-23(22)29(2)27(26)17-28-25-21-8-4-3-7-18(21)11-16-24(25)31-27/h3-17,30H,1-2H3. The van der Waals surface area contributed by atoms with Gasteiger partial charge in [0.2, 0.25) is 5.72 Å². The van der Waals surface area contributed by atoms with Crippen molar-refractivity contribution in [1.29, 1.82) is 0 Å². The number of fused-ring (bicyclic) bond motifs is 4. The van der Waals surface area contributed by atoms with Crippen molar-refractivity contribution < 1.29 is 9.84 Å². The van der Waals surface area contributed by atoms with Gasteiger partial charge < -0.3 is 14.7 Å². The molecule has 4 aromatic rings. The van der Waals surface area contributed by atoms with Crippen LogP contribution in [0.5, 0.6) is 11.5 Å². The second kappa shape index (κ2) is 6.11. The number of hydrogen-bond acceptors (Lipinski definition) is 4. The molecule has 0 aliphatic carbocycles. The highest BCUT2D eigenvalue weighted by atomic mass is 16.5. The van der Waals surface area contributed by atoms with E-state index in [1.807, 2.05) is 42.6 Å². The summed E-state index contributed by atoms with van der Waals surface area (Å²) in [6, 6.07) is 28.1. The third-order valence-corrected chi connectivity index (χ3v) is 6.96. The number of aromatic hydroxyl groups is 1. The largest absolute Gasteiger partial charge is 0.508 e. The maximum Gasteiger partial charge on any atom is 0.233 e. The van der Waals surface area contributed by atoms with E-state index in [1.165, 1.54) is 5.56 Å². The van der Waals surface area contributed by atoms with Gasteiger partial charge in [0.05, 0.1) is 11.6 Å². The third kappa shape index (κ3) is 2.22. The van der Waals surface area contributed by atoms with Crippen LogP contribution in [0.15, 0.2) is 89.9 Å². The molecule has 1 N–H and O–H groups in total. The first-order valence-electron chi connectivity index (χ1n) is 10.4. The second-order valence-electron chi connectivity index (χ2n) is 8.44. The number of nitrogens with zero attached hydrogens (tertiary/aromatic N) is 2. The number of aliphatic imine (C=N–C) groups is 1. The lowest BCUT2D eigenvalue weighted by molar-refractivity contribution is 0.0930. The molecule has 31 heavy (non-hydrogen) atoms. The summed E-state index contributed by atoms with van der Waals surface area (Å²) in [5, 5.41) is 12.1. The molecule has 4 nitrogen and oxygen atoms in total. The van der Waals surface area contributed by atoms with Crippen molar-refractivity contribution in [3.63, 3.8) is 0 Å². The van der Waals surface area contributed by atoms with Crippen LogP contribution in [0.4, 0.5) is 11.4 Å². The first kappa shape index (κ1) is 18.0. The Hall–Kier alpha value is -3.79. The number of phenols is 1. The van der Waals surface area contributed by atoms with E-state index in [2.05, 4.69) is 55.3 Å². The van der Waals surface area contributed by atoms with Gasteiger partial charge in [-0.25, -0.2) is 0 Å². The monoisotopic (exact) mass is 406 g/mol. The highest BCUT2D eigenvalue weighted by Gasteiger charge is 2.61. The molecule has 2 heterocycles. The normalized spacial score (nSPS) is 23.6. The van der Waals surface area contributed by atoms with Crippen molar-refractivity contribution >= 4 is 28.4 Å². The van der Waals surface area contributed by atoms with Crippen LogP contribution in [0.25, 0.3) is 10.8 Å². The fourth-order valence-electron chi connectivity index (χ4n) is 5.24. The Morgan fingerprint density at radius 3 is 2.45 bits per heavy atom. The van der Waals surface area contributed by atoms with Gasteiger partial charge in [-0.05, 0) is 47.7 Å². The number of ether oxygens (including phenoxy) is 1. The molecule has 2 unspecified atom stereocenters. The number of hydrogen-bond donors (Lipinski definition) is 1. The Bertz CT molecular complexity index is 1360. The zero-order valence-corrected chi connectivity index (χ0v) is 17.4. The number of benzene rings is 4. The van der Waals surface area contributed by atoms with E-state index >= 15 is 0 Å². The Kier molecular flexibility index (Phi) is 3.55. The summed E-state index contributed by atoms with van der Waals surface area (Å²) >= 11 is 0. The van der Waals surface area contributed by atoms with Gasteiger partial charge in [-0.2, -0.15) is 0 Å². The molecule has 2 aliphatic heterocycles. The molecule has 2 aliphatic rings. The molecule has 0 bridgehead atoms. The molecule has 152 valence electrons. The van der Waals surface area contributed by atoms with Crippen LogP contribution >= 0.6 is 0 Å². The minimum Gasteiger partial charge on any atom is -0.508 e. The van der Waals surface area contributed by atoms with E-state index in [-0.39, 0.29) is 5.75 Å². The first-order valence-corrected chi connectivity index (χ1v) is 10.4. The van der Waals surface area contributed by atoms with Crippen molar-refractivity contribution in [3.05, 3.63) is 96.1 Å². The highest BCUT2D eigenvalue weighted by molar-refractivity contribution is 6.00. The molecule has 0 saturated carbocycles. The number of likely N-dealkylation sites (N-methyl/N-ethyl adjacent to an activating group) is 1. The van der Waals surface area contributed by atoms with Crippen molar-refractivity contribution in [3.8, 4) is 11.5 Å². The van der Waals surface area contributed by atoms with Crippen LogP contribution in [0, 0.1) is 0 Å². The van der Waals surface area contributed by atoms with E-state index in [1.54, 1.807) is 12.1 Å². The summed E-state index contributed by atoms with van der Waals surface area (Å²) in [7, 11) is 2.06. The maximum absolute atomic E-state index is 9.90. The predicted molar refractivity (Wildman–Crippen MR) is 125 cm³/mol. The molecule has 4 heteroatoms. The molecule has 0 radical (unpaired) electrons. The molecule has 4 aromatic carbocycles. The average Bonchev–Trinajstić information content (AvgIpc) is 2.99. The molecule has 0 saturated heterocycles. The van der Waals surface area contributed by atoms with E-state index in [9.17, 15) is 5.11 Å². The number of anilines is 1. The fraction of sp³-hybridized carbons (Fsp3) is 0.148. The zero-order chi connectivity index (χ0) is 21.2. The van der Waals surface area contributed by atoms with Crippen LogP contribution in [0.3, 0.4) is 0 Å². The number of rotatable bonds is 1. The van der Waals surface area contributed by atoms with Gasteiger partial charge in [0.25, 0.3) is 0 Å². The number of para-hydroxylation sites is 1. The number of phenolic OH excluding ortho intramolecular Hbond substituents is 1. The maximum atomic E-state index is 9.90. The van der Waals surface area contributed by atoms with Crippen LogP contribution in [-0.2, 0) is 5.41 Å². The first-order chi connectivity index (χ1) is 15.0. The van der Waals surface area contributed by atoms with E-state index in [0.29, 0.717) is 0 Å². The van der Waals surface area contributed by atoms with Crippen molar-refractivity contribution in [2.75, 3.05) is 11.9 Å². The van der Waals surface area contributed by atoms with E-state index in [0.717, 1.165) is 33.5 Å². The van der Waals surface area contributed by atoms with E-state index in [4.69, 9.17) is 9.73 Å². The van der Waals surface area contributed by atoms with E-state index < -0.39 is 11.1 Å². The van der Waals surface area contributed by atoms with Crippen LogP contribution < -0.4 is 9.64 Å². The summed E-state index contributed by atoms with van der Waals surface area (Å²) in [5.74, 6) is 1.02. The molecule has 2 atom stereocenters. The molecule has 0 fully saturated rings. The van der Waals surface area contributed by atoms with Gasteiger partial charge in [-0.1, -0.05) is 60.7 Å². The van der Waals surface area contributed by atoms with Gasteiger partial charge in [0.1, 0.15) is 17.2 Å². The van der Waals surface area contributed by atoms with Crippen molar-refractivity contribution in [1.82, 2.24) is 0 Å². The van der Waals surface area contributed by atoms with Gasteiger partial charge in [0.15, 0.2) is 0 Å². The predicted octanol–water partition coefficient (Wildman–Crippen LogP) is 5.79. The Morgan fingerprint density at radius 2 is 1.61 bits per heavy atom. The average molecular weight is 406 g/mol. The SMILES string of the molecule is CN1c2ccccc2C(C)(c2ccc(O)cc2)C12C=Nc1c(ccc3ccccc13)O2. The Morgan fingerprint density at radius 1 is 0.871 bits per heavy atom. The lowest BCUT2D eigenvalue weighted by atomic mass is 9.70. The van der Waals surface area contributed by atoms with Crippen LogP contribution in [0.2, 0.25) is 0 Å². The van der Waals surface area contributed by atoms with Crippen molar-refractivity contribution in [2.45, 2.75) is 18.1 Å². The summed E-state index contributed by atoms with van der Waals surface area (Å²) < 4.78 is 6.90. The summed E-state index contributed by atoms with van der Waals surface area (Å²) in [5.41, 5.74) is 2.80. The van der Waals surface area contributed by atoms with Crippen LogP contribution in [-0.4, -0.2) is 24.1 Å². The minimum absolute atomic E-state index is 0.246. The summed E-state index contributed by atoms with van der Waals surface area (Å²) in [6.45, 7) is 2.19. The molecule has 6 rings (SSSR count). The quantitative estimate of drug-likeness (QED) is 0.435. The minimum atomic E-state index is -0.844. The van der Waals surface area contributed by atoms with Crippen molar-refractivity contribution in [2.24, 2.45) is 4.99 Å². The van der Waals surface area contributed by atoms with Gasteiger partial charge in [-0.3, -0.25) is 4.99 Å². The lowest BCUT2D eigenvalue weighted by Crippen LogP contribution is -2.62. The molecule has 1 spiro atoms. The summed E-state index contributed by atoms with van der Waals surface area (Å²) in [4.78, 5) is 7.16. The van der Waals surface area contributed by atoms with Gasteiger partial charge in [-0.15, -0.1) is 0 Å². The third-order valence-electron chi connectivity index (χ3n) is 6.96. The Balaban J connectivity index is 1.61. The fourth-order valence-corrected chi connectivity index (χ4v) is 5.24. The topological polar surface area (TPSA) is 45.1 Å². The lowest BCUT2D eigenvalue weighted by Gasteiger charge is -2.46. The molecular weight excluding hydrogens is 384 g/mol.